The second-order valence-corrected chi connectivity index (χ2v) is 8.81. The van der Waals surface area contributed by atoms with E-state index in [-0.39, 0.29) is 5.57 Å². The Morgan fingerprint density at radius 3 is 2.30 bits per heavy atom. The minimum Gasteiger partial charge on any atom is -0.503 e. The zero-order valence-electron chi connectivity index (χ0n) is 17.4. The molecule has 1 amide bonds. The Kier molecular flexibility index (Phi) is 4.86. The third kappa shape index (κ3) is 3.25. The Hall–Kier alpha value is -3.19. The Labute approximate surface area is 178 Å². The summed E-state index contributed by atoms with van der Waals surface area (Å²) >= 11 is 1.25. The summed E-state index contributed by atoms with van der Waals surface area (Å²) in [5.74, 6) is -0.507. The monoisotopic (exact) mass is 422 g/mol. The van der Waals surface area contributed by atoms with Gasteiger partial charge in [-0.05, 0) is 70.0 Å². The normalized spacial score (nSPS) is 16.6. The molecule has 4 rings (SSSR count). The summed E-state index contributed by atoms with van der Waals surface area (Å²) in [6.45, 7) is 9.23. The van der Waals surface area contributed by atoms with E-state index in [9.17, 15) is 14.7 Å². The van der Waals surface area contributed by atoms with Gasteiger partial charge < -0.3 is 9.52 Å². The van der Waals surface area contributed by atoms with Gasteiger partial charge in [0.05, 0.1) is 21.2 Å². The van der Waals surface area contributed by atoms with Crippen LogP contribution in [0.1, 0.15) is 49.1 Å². The van der Waals surface area contributed by atoms with Crippen molar-refractivity contribution in [2.75, 3.05) is 4.90 Å². The quantitative estimate of drug-likeness (QED) is 0.594. The number of anilines is 1. The number of carbonyl (C=O) groups is 2. The van der Waals surface area contributed by atoms with Crippen LogP contribution in [0.15, 0.2) is 46.1 Å². The molecule has 1 atom stereocenters. The van der Waals surface area contributed by atoms with Crippen LogP contribution in [0.2, 0.25) is 0 Å². The highest BCUT2D eigenvalue weighted by atomic mass is 32.1. The van der Waals surface area contributed by atoms with Crippen LogP contribution in [0.25, 0.3) is 0 Å². The molecule has 30 heavy (non-hydrogen) atoms. The van der Waals surface area contributed by atoms with Gasteiger partial charge in [-0.1, -0.05) is 6.07 Å². The molecule has 0 saturated heterocycles. The number of aromatic nitrogens is 1. The SMILES string of the molecule is Cc1cc(C)cc(N2C(=O)C(O)=C(C(=O)c3sc(C)nc3C)C2c2ccc(C)o2)c1. The summed E-state index contributed by atoms with van der Waals surface area (Å²) in [5, 5.41) is 11.6. The molecule has 7 heteroatoms. The van der Waals surface area contributed by atoms with E-state index >= 15 is 0 Å². The number of amides is 1. The highest BCUT2D eigenvalue weighted by molar-refractivity contribution is 7.14. The lowest BCUT2D eigenvalue weighted by Gasteiger charge is -2.25. The highest BCUT2D eigenvalue weighted by Gasteiger charge is 2.46. The maximum Gasteiger partial charge on any atom is 0.294 e. The molecule has 2 aromatic heterocycles. The fraction of sp³-hybridized carbons (Fsp3) is 0.261. The lowest BCUT2D eigenvalue weighted by atomic mass is 9.99. The summed E-state index contributed by atoms with van der Waals surface area (Å²) in [5.41, 5.74) is 3.14. The van der Waals surface area contributed by atoms with E-state index in [1.165, 1.54) is 16.2 Å². The number of aliphatic hydroxyl groups excluding tert-OH is 1. The second kappa shape index (κ2) is 7.25. The van der Waals surface area contributed by atoms with E-state index in [4.69, 9.17) is 4.42 Å². The van der Waals surface area contributed by atoms with E-state index in [0.717, 1.165) is 16.1 Å². The molecule has 1 unspecified atom stereocenters. The number of aryl methyl sites for hydroxylation is 5. The van der Waals surface area contributed by atoms with Gasteiger partial charge in [0.25, 0.3) is 5.91 Å². The van der Waals surface area contributed by atoms with Gasteiger partial charge in [-0.3, -0.25) is 14.5 Å². The maximum absolute atomic E-state index is 13.5. The average molecular weight is 423 g/mol. The number of rotatable bonds is 4. The van der Waals surface area contributed by atoms with Crippen molar-refractivity contribution in [3.63, 3.8) is 0 Å². The molecule has 0 aliphatic carbocycles. The number of hydrogen-bond donors (Lipinski definition) is 1. The highest BCUT2D eigenvalue weighted by Crippen LogP contribution is 2.43. The summed E-state index contributed by atoms with van der Waals surface area (Å²) in [6.07, 6.45) is 0. The van der Waals surface area contributed by atoms with Crippen molar-refractivity contribution in [3.8, 4) is 0 Å². The van der Waals surface area contributed by atoms with Crippen molar-refractivity contribution in [1.29, 1.82) is 0 Å². The van der Waals surface area contributed by atoms with Gasteiger partial charge in [0.1, 0.15) is 17.6 Å². The number of nitrogens with zero attached hydrogens (tertiary/aromatic N) is 2. The number of Topliss-reactive ketones (excluding diaryl/α,β-unsaturated/α-hetero) is 1. The number of furan rings is 1. The molecule has 3 aromatic rings. The van der Waals surface area contributed by atoms with Crippen LogP contribution in [0.3, 0.4) is 0 Å². The number of carbonyl (C=O) groups excluding carboxylic acids is 2. The smallest absolute Gasteiger partial charge is 0.294 e. The van der Waals surface area contributed by atoms with Crippen LogP contribution >= 0.6 is 11.3 Å². The van der Waals surface area contributed by atoms with E-state index < -0.39 is 23.5 Å². The molecule has 0 saturated carbocycles. The van der Waals surface area contributed by atoms with E-state index in [0.29, 0.717) is 27.8 Å². The van der Waals surface area contributed by atoms with Gasteiger partial charge in [-0.2, -0.15) is 0 Å². The third-order valence-corrected chi connectivity index (χ3v) is 6.15. The largest absolute Gasteiger partial charge is 0.503 e. The third-order valence-electron chi connectivity index (χ3n) is 5.08. The van der Waals surface area contributed by atoms with Gasteiger partial charge in [0.2, 0.25) is 5.78 Å². The summed E-state index contributed by atoms with van der Waals surface area (Å²) < 4.78 is 5.82. The fourth-order valence-corrected chi connectivity index (χ4v) is 4.80. The predicted octanol–water partition coefficient (Wildman–Crippen LogP) is 5.06. The molecule has 0 radical (unpaired) electrons. The molecule has 1 N–H and O–H groups in total. The first-order valence-corrected chi connectivity index (χ1v) is 10.4. The topological polar surface area (TPSA) is 83.6 Å². The van der Waals surface area contributed by atoms with E-state index in [1.807, 2.05) is 39.0 Å². The van der Waals surface area contributed by atoms with Crippen molar-refractivity contribution in [1.82, 2.24) is 4.98 Å². The van der Waals surface area contributed by atoms with Gasteiger partial charge in [0, 0.05) is 5.69 Å². The molecule has 0 fully saturated rings. The molecule has 0 bridgehead atoms. The van der Waals surface area contributed by atoms with Gasteiger partial charge in [-0.25, -0.2) is 4.98 Å². The van der Waals surface area contributed by atoms with Crippen LogP contribution in [0.4, 0.5) is 5.69 Å². The maximum atomic E-state index is 13.5. The number of benzene rings is 1. The first-order chi connectivity index (χ1) is 14.2. The first kappa shape index (κ1) is 20.1. The van der Waals surface area contributed by atoms with Crippen molar-refractivity contribution >= 4 is 28.7 Å². The Bertz CT molecular complexity index is 1200. The van der Waals surface area contributed by atoms with Gasteiger partial charge in [-0.15, -0.1) is 11.3 Å². The Morgan fingerprint density at radius 1 is 1.10 bits per heavy atom. The van der Waals surface area contributed by atoms with Crippen molar-refractivity contribution in [2.45, 2.75) is 40.7 Å². The zero-order chi connectivity index (χ0) is 21.7. The van der Waals surface area contributed by atoms with E-state index in [2.05, 4.69) is 4.98 Å². The summed E-state index contributed by atoms with van der Waals surface area (Å²) in [6, 6.07) is 8.37. The van der Waals surface area contributed by atoms with Crippen LogP contribution in [-0.4, -0.2) is 21.8 Å². The number of hydrogen-bond acceptors (Lipinski definition) is 6. The van der Waals surface area contributed by atoms with Crippen LogP contribution in [-0.2, 0) is 4.79 Å². The van der Waals surface area contributed by atoms with Crippen molar-refractivity contribution < 1.29 is 19.1 Å². The lowest BCUT2D eigenvalue weighted by molar-refractivity contribution is -0.117. The Balaban J connectivity index is 1.91. The van der Waals surface area contributed by atoms with E-state index in [1.54, 1.807) is 26.0 Å². The molecule has 1 aliphatic rings. The number of thiazole rings is 1. The van der Waals surface area contributed by atoms with Crippen LogP contribution in [0.5, 0.6) is 0 Å². The molecular weight excluding hydrogens is 400 g/mol. The number of aliphatic hydroxyl groups is 1. The van der Waals surface area contributed by atoms with Crippen molar-refractivity contribution in [3.05, 3.63) is 79.9 Å². The fourth-order valence-electron chi connectivity index (χ4n) is 3.93. The summed E-state index contributed by atoms with van der Waals surface area (Å²) in [7, 11) is 0. The lowest BCUT2D eigenvalue weighted by Crippen LogP contribution is -2.31. The number of ketones is 1. The average Bonchev–Trinajstić information content (AvgIpc) is 3.30. The first-order valence-electron chi connectivity index (χ1n) is 9.57. The van der Waals surface area contributed by atoms with Crippen LogP contribution in [0, 0.1) is 34.6 Å². The van der Waals surface area contributed by atoms with Gasteiger partial charge in [0.15, 0.2) is 5.76 Å². The molecule has 6 nitrogen and oxygen atoms in total. The van der Waals surface area contributed by atoms with Gasteiger partial charge >= 0.3 is 0 Å². The molecule has 1 aliphatic heterocycles. The molecule has 154 valence electrons. The predicted molar refractivity (Wildman–Crippen MR) is 115 cm³/mol. The van der Waals surface area contributed by atoms with Crippen LogP contribution < -0.4 is 4.90 Å². The minimum absolute atomic E-state index is 0.0141. The molecule has 1 aromatic carbocycles. The standard InChI is InChI=1S/C23H22N2O4S/c1-11-8-12(2)10-16(9-11)25-19(17-7-6-13(3)29-17)18(21(27)23(25)28)20(26)22-14(4)24-15(5)30-22/h6-10,19,27H,1-5H3. The zero-order valence-corrected chi connectivity index (χ0v) is 18.3. The van der Waals surface area contributed by atoms with Crippen molar-refractivity contribution in [2.24, 2.45) is 0 Å². The molecule has 0 spiro atoms. The molecular formula is C23H22N2O4S. The molecule has 3 heterocycles. The minimum atomic E-state index is -0.860. The summed E-state index contributed by atoms with van der Waals surface area (Å²) in [4.78, 5) is 32.8. The second-order valence-electron chi connectivity index (χ2n) is 7.61. The Morgan fingerprint density at radius 2 is 1.77 bits per heavy atom.